The van der Waals surface area contributed by atoms with Crippen molar-refractivity contribution in [1.29, 1.82) is 0 Å². The molecule has 19 heavy (non-hydrogen) atoms. The van der Waals surface area contributed by atoms with Gasteiger partial charge in [0.05, 0.1) is 17.7 Å². The second kappa shape index (κ2) is 5.77. The van der Waals surface area contributed by atoms with E-state index in [-0.39, 0.29) is 0 Å². The van der Waals surface area contributed by atoms with Crippen LogP contribution in [0.4, 0.5) is 0 Å². The maximum absolute atomic E-state index is 5.26. The van der Waals surface area contributed by atoms with Crippen LogP contribution in [-0.2, 0) is 13.1 Å². The molecule has 0 spiro atoms. The maximum atomic E-state index is 5.26. The van der Waals surface area contributed by atoms with Crippen molar-refractivity contribution in [2.45, 2.75) is 13.1 Å². The first-order valence-corrected chi connectivity index (χ1v) is 6.82. The molecule has 0 atom stereocenters. The van der Waals surface area contributed by atoms with Crippen LogP contribution in [0.3, 0.4) is 0 Å². The first kappa shape index (κ1) is 12.1. The third kappa shape index (κ3) is 3.07. The average Bonchev–Trinajstić information content (AvgIpc) is 3.11. The molecule has 0 amide bonds. The predicted octanol–water partition coefficient (Wildman–Crippen LogP) is 3.09. The molecular weight excluding hydrogens is 258 g/mol. The highest BCUT2D eigenvalue weighted by Crippen LogP contribution is 2.24. The van der Waals surface area contributed by atoms with E-state index < -0.39 is 0 Å². The third-order valence-electron chi connectivity index (χ3n) is 2.66. The number of nitrogens with zero attached hydrogens (tertiary/aromatic N) is 2. The molecule has 0 saturated carbocycles. The number of aromatic nitrogens is 2. The molecule has 5 heteroatoms. The second-order valence-corrected chi connectivity index (χ2v) is 5.16. The zero-order chi connectivity index (χ0) is 12.9. The Balaban J connectivity index is 1.59. The van der Waals surface area contributed by atoms with Crippen molar-refractivity contribution in [2.24, 2.45) is 0 Å². The lowest BCUT2D eigenvalue weighted by Crippen LogP contribution is -2.11. The fourth-order valence-corrected chi connectivity index (χ4v) is 2.62. The van der Waals surface area contributed by atoms with E-state index in [1.165, 1.54) is 0 Å². The molecule has 0 radical (unpaired) electrons. The quantitative estimate of drug-likeness (QED) is 0.774. The molecule has 3 heterocycles. The lowest BCUT2D eigenvalue weighted by Gasteiger charge is -1.98. The molecule has 0 fully saturated rings. The van der Waals surface area contributed by atoms with E-state index in [1.54, 1.807) is 23.8 Å². The summed E-state index contributed by atoms with van der Waals surface area (Å²) >= 11 is 1.68. The number of nitrogens with one attached hydrogen (secondary N) is 1. The lowest BCUT2D eigenvalue weighted by molar-refractivity contribution is 0.483. The fraction of sp³-hybridized carbons (Fsp3) is 0.143. The van der Waals surface area contributed by atoms with Gasteiger partial charge in [0, 0.05) is 30.7 Å². The van der Waals surface area contributed by atoms with Gasteiger partial charge >= 0.3 is 0 Å². The molecule has 3 aromatic rings. The minimum atomic E-state index is 0.717. The SMILES string of the molecule is c1cncc(-c2cnc(CNCc3ccco3)s2)c1. The number of pyridine rings is 1. The topological polar surface area (TPSA) is 51.0 Å². The van der Waals surface area contributed by atoms with Gasteiger partial charge in [-0.2, -0.15) is 0 Å². The Hall–Kier alpha value is -1.98. The normalized spacial score (nSPS) is 10.7. The Morgan fingerprint density at radius 1 is 1.16 bits per heavy atom. The van der Waals surface area contributed by atoms with Crippen LogP contribution in [0, 0.1) is 0 Å². The van der Waals surface area contributed by atoms with Crippen LogP contribution in [0.1, 0.15) is 10.8 Å². The van der Waals surface area contributed by atoms with Crippen molar-refractivity contribution >= 4 is 11.3 Å². The van der Waals surface area contributed by atoms with Crippen molar-refractivity contribution in [3.8, 4) is 10.4 Å². The van der Waals surface area contributed by atoms with E-state index in [9.17, 15) is 0 Å². The van der Waals surface area contributed by atoms with Gasteiger partial charge in [-0.15, -0.1) is 11.3 Å². The summed E-state index contributed by atoms with van der Waals surface area (Å²) in [6.45, 7) is 1.46. The molecule has 1 N–H and O–H groups in total. The molecule has 3 rings (SSSR count). The Bertz CT molecular complexity index is 619. The summed E-state index contributed by atoms with van der Waals surface area (Å²) in [5.41, 5.74) is 1.11. The standard InChI is InChI=1S/C14H13N3OS/c1-3-11(7-15-5-1)13-9-17-14(19-13)10-16-8-12-4-2-6-18-12/h1-7,9,16H,8,10H2. The van der Waals surface area contributed by atoms with Crippen LogP contribution in [-0.4, -0.2) is 9.97 Å². The van der Waals surface area contributed by atoms with Gasteiger partial charge in [0.1, 0.15) is 10.8 Å². The number of furan rings is 1. The van der Waals surface area contributed by atoms with Gasteiger partial charge in [0.15, 0.2) is 0 Å². The van der Waals surface area contributed by atoms with Gasteiger partial charge in [-0.25, -0.2) is 4.98 Å². The van der Waals surface area contributed by atoms with Crippen LogP contribution in [0.15, 0.2) is 53.5 Å². The smallest absolute Gasteiger partial charge is 0.117 e. The highest BCUT2D eigenvalue weighted by molar-refractivity contribution is 7.15. The molecule has 4 nitrogen and oxygen atoms in total. The molecule has 0 saturated heterocycles. The molecule has 0 aliphatic heterocycles. The van der Waals surface area contributed by atoms with Crippen molar-refractivity contribution < 1.29 is 4.42 Å². The monoisotopic (exact) mass is 271 g/mol. The van der Waals surface area contributed by atoms with Gasteiger partial charge in [-0.1, -0.05) is 6.07 Å². The number of rotatable bonds is 5. The molecule has 0 aromatic carbocycles. The molecular formula is C14H13N3OS. The fourth-order valence-electron chi connectivity index (χ4n) is 1.74. The van der Waals surface area contributed by atoms with Crippen molar-refractivity contribution in [3.63, 3.8) is 0 Å². The zero-order valence-corrected chi connectivity index (χ0v) is 11.1. The largest absolute Gasteiger partial charge is 0.468 e. The Kier molecular flexibility index (Phi) is 3.67. The van der Waals surface area contributed by atoms with Crippen molar-refractivity contribution in [3.05, 3.63) is 59.9 Å². The summed E-state index contributed by atoms with van der Waals surface area (Å²) in [5.74, 6) is 0.934. The molecule has 0 unspecified atom stereocenters. The molecule has 0 aliphatic carbocycles. The first-order chi connectivity index (χ1) is 9.42. The number of hydrogen-bond acceptors (Lipinski definition) is 5. The van der Waals surface area contributed by atoms with E-state index in [0.29, 0.717) is 0 Å². The summed E-state index contributed by atoms with van der Waals surface area (Å²) in [6.07, 6.45) is 7.20. The van der Waals surface area contributed by atoms with E-state index in [2.05, 4.69) is 15.3 Å². The summed E-state index contributed by atoms with van der Waals surface area (Å²) in [6, 6.07) is 7.82. The molecule has 0 bridgehead atoms. The summed E-state index contributed by atoms with van der Waals surface area (Å²) in [7, 11) is 0. The lowest BCUT2D eigenvalue weighted by atomic mass is 10.3. The summed E-state index contributed by atoms with van der Waals surface area (Å²) in [4.78, 5) is 9.67. The van der Waals surface area contributed by atoms with Gasteiger partial charge in [-0.05, 0) is 18.2 Å². The molecule has 96 valence electrons. The van der Waals surface area contributed by atoms with Crippen LogP contribution in [0.2, 0.25) is 0 Å². The average molecular weight is 271 g/mol. The van der Waals surface area contributed by atoms with E-state index >= 15 is 0 Å². The van der Waals surface area contributed by atoms with Crippen LogP contribution in [0.5, 0.6) is 0 Å². The second-order valence-electron chi connectivity index (χ2n) is 4.04. The van der Waals surface area contributed by atoms with Crippen LogP contribution >= 0.6 is 11.3 Å². The Morgan fingerprint density at radius 2 is 2.16 bits per heavy atom. The van der Waals surface area contributed by atoms with Gasteiger partial charge in [0.25, 0.3) is 0 Å². The highest BCUT2D eigenvalue weighted by Gasteiger charge is 2.04. The number of thiazole rings is 1. The summed E-state index contributed by atoms with van der Waals surface area (Å²) in [5, 5.41) is 4.37. The van der Waals surface area contributed by atoms with E-state index in [0.717, 1.165) is 34.3 Å². The Morgan fingerprint density at radius 3 is 2.95 bits per heavy atom. The van der Waals surface area contributed by atoms with Gasteiger partial charge in [0.2, 0.25) is 0 Å². The highest BCUT2D eigenvalue weighted by atomic mass is 32.1. The number of hydrogen-bond donors (Lipinski definition) is 1. The van der Waals surface area contributed by atoms with Crippen molar-refractivity contribution in [2.75, 3.05) is 0 Å². The van der Waals surface area contributed by atoms with E-state index in [1.807, 2.05) is 36.7 Å². The maximum Gasteiger partial charge on any atom is 0.117 e. The van der Waals surface area contributed by atoms with Crippen molar-refractivity contribution in [1.82, 2.24) is 15.3 Å². The van der Waals surface area contributed by atoms with E-state index in [4.69, 9.17) is 4.42 Å². The van der Waals surface area contributed by atoms with Gasteiger partial charge in [-0.3, -0.25) is 4.98 Å². The zero-order valence-electron chi connectivity index (χ0n) is 10.2. The minimum absolute atomic E-state index is 0.717. The van der Waals surface area contributed by atoms with Crippen LogP contribution in [0.25, 0.3) is 10.4 Å². The molecule has 3 aromatic heterocycles. The third-order valence-corrected chi connectivity index (χ3v) is 3.70. The predicted molar refractivity (Wildman–Crippen MR) is 74.6 cm³/mol. The Labute approximate surface area is 115 Å². The van der Waals surface area contributed by atoms with Gasteiger partial charge < -0.3 is 9.73 Å². The molecule has 0 aliphatic rings. The minimum Gasteiger partial charge on any atom is -0.468 e. The van der Waals surface area contributed by atoms with Crippen LogP contribution < -0.4 is 5.32 Å². The first-order valence-electron chi connectivity index (χ1n) is 6.00. The summed E-state index contributed by atoms with van der Waals surface area (Å²) < 4.78 is 5.26.